The summed E-state index contributed by atoms with van der Waals surface area (Å²) in [5, 5.41) is 4.08. The van der Waals surface area contributed by atoms with Crippen molar-refractivity contribution in [1.82, 2.24) is 14.8 Å². The number of hydrogen-bond acceptors (Lipinski definition) is 5. The van der Waals surface area contributed by atoms with Gasteiger partial charge < -0.3 is 15.2 Å². The Bertz CT molecular complexity index is 525. The molecule has 0 radical (unpaired) electrons. The van der Waals surface area contributed by atoms with Gasteiger partial charge in [0.2, 0.25) is 0 Å². The van der Waals surface area contributed by atoms with Crippen LogP contribution in [0.1, 0.15) is 12.7 Å². The molecule has 2 aromatic rings. The largest absolute Gasteiger partial charge is 0.493 e. The van der Waals surface area contributed by atoms with Gasteiger partial charge in [-0.1, -0.05) is 0 Å². The highest BCUT2D eigenvalue weighted by atomic mass is 16.5. The number of ether oxygens (including phenoxy) is 2. The van der Waals surface area contributed by atoms with E-state index in [0.717, 1.165) is 12.4 Å². The van der Waals surface area contributed by atoms with Gasteiger partial charge in [0.15, 0.2) is 17.3 Å². The number of rotatable bonds is 5. The van der Waals surface area contributed by atoms with Crippen molar-refractivity contribution >= 4 is 5.69 Å². The summed E-state index contributed by atoms with van der Waals surface area (Å²) in [5.74, 6) is 2.02. The number of aromatic nitrogens is 3. The molecule has 6 nitrogen and oxygen atoms in total. The van der Waals surface area contributed by atoms with Crippen molar-refractivity contribution in [3.8, 4) is 11.5 Å². The normalized spacial score (nSPS) is 10.3. The smallest absolute Gasteiger partial charge is 0.164 e. The average molecular weight is 248 g/mol. The minimum Gasteiger partial charge on any atom is -0.493 e. The van der Waals surface area contributed by atoms with Gasteiger partial charge in [0.1, 0.15) is 12.9 Å². The predicted molar refractivity (Wildman–Crippen MR) is 67.4 cm³/mol. The van der Waals surface area contributed by atoms with E-state index in [1.165, 1.54) is 6.33 Å². The number of nitrogens with two attached hydrogens (primary N) is 1. The van der Waals surface area contributed by atoms with Crippen molar-refractivity contribution < 1.29 is 9.47 Å². The third-order valence-electron chi connectivity index (χ3n) is 2.54. The highest BCUT2D eigenvalue weighted by Crippen LogP contribution is 2.29. The van der Waals surface area contributed by atoms with E-state index in [0.29, 0.717) is 23.8 Å². The Morgan fingerprint density at radius 3 is 2.89 bits per heavy atom. The van der Waals surface area contributed by atoms with E-state index in [9.17, 15) is 0 Å². The van der Waals surface area contributed by atoms with Crippen molar-refractivity contribution in [2.45, 2.75) is 20.1 Å². The molecule has 0 saturated carbocycles. The fourth-order valence-electron chi connectivity index (χ4n) is 1.61. The Morgan fingerprint density at radius 2 is 2.17 bits per heavy atom. The Morgan fingerprint density at radius 1 is 1.33 bits per heavy atom. The number of benzene rings is 1. The molecule has 0 amide bonds. The van der Waals surface area contributed by atoms with Gasteiger partial charge in [-0.3, -0.25) is 0 Å². The molecular formula is C12H16N4O2. The van der Waals surface area contributed by atoms with E-state index in [-0.39, 0.29) is 0 Å². The van der Waals surface area contributed by atoms with Gasteiger partial charge >= 0.3 is 0 Å². The van der Waals surface area contributed by atoms with Gasteiger partial charge in [-0.25, -0.2) is 9.67 Å². The van der Waals surface area contributed by atoms with Crippen LogP contribution in [0, 0.1) is 0 Å². The zero-order valence-electron chi connectivity index (χ0n) is 10.5. The molecule has 0 aliphatic carbocycles. The quantitative estimate of drug-likeness (QED) is 0.811. The Labute approximate surface area is 105 Å². The number of nitrogen functional groups attached to an aromatic ring is 1. The van der Waals surface area contributed by atoms with E-state index >= 15 is 0 Å². The van der Waals surface area contributed by atoms with Crippen LogP contribution in [0.4, 0.5) is 5.69 Å². The first-order valence-corrected chi connectivity index (χ1v) is 5.67. The van der Waals surface area contributed by atoms with Gasteiger partial charge in [0.05, 0.1) is 7.11 Å². The summed E-state index contributed by atoms with van der Waals surface area (Å²) >= 11 is 0. The fraction of sp³-hybridized carbons (Fsp3) is 0.333. The first kappa shape index (κ1) is 12.2. The van der Waals surface area contributed by atoms with E-state index in [2.05, 4.69) is 10.1 Å². The molecular weight excluding hydrogens is 232 g/mol. The highest BCUT2D eigenvalue weighted by Gasteiger charge is 2.07. The molecule has 1 aromatic carbocycles. The van der Waals surface area contributed by atoms with E-state index < -0.39 is 0 Å². The Hall–Kier alpha value is -2.24. The summed E-state index contributed by atoms with van der Waals surface area (Å²) in [6.07, 6.45) is 1.52. The molecule has 0 saturated heterocycles. The maximum atomic E-state index is 5.68. The van der Waals surface area contributed by atoms with Gasteiger partial charge in [0, 0.05) is 18.3 Å². The van der Waals surface area contributed by atoms with Crippen molar-refractivity contribution in [2.24, 2.45) is 0 Å². The molecule has 2 rings (SSSR count). The van der Waals surface area contributed by atoms with E-state index in [4.69, 9.17) is 15.2 Å². The van der Waals surface area contributed by atoms with Crippen molar-refractivity contribution in [3.05, 3.63) is 30.4 Å². The summed E-state index contributed by atoms with van der Waals surface area (Å²) in [6, 6.07) is 5.27. The number of aryl methyl sites for hydroxylation is 1. The summed E-state index contributed by atoms with van der Waals surface area (Å²) < 4.78 is 12.7. The van der Waals surface area contributed by atoms with Crippen LogP contribution in [0.25, 0.3) is 0 Å². The van der Waals surface area contributed by atoms with Crippen LogP contribution in [0.3, 0.4) is 0 Å². The molecule has 1 aromatic heterocycles. The summed E-state index contributed by atoms with van der Waals surface area (Å²) in [5.41, 5.74) is 6.31. The molecule has 2 N–H and O–H groups in total. The second-order valence-electron chi connectivity index (χ2n) is 3.69. The molecule has 0 atom stereocenters. The number of anilines is 1. The van der Waals surface area contributed by atoms with Crippen LogP contribution >= 0.6 is 0 Å². The zero-order chi connectivity index (χ0) is 13.0. The van der Waals surface area contributed by atoms with Gasteiger partial charge in [-0.05, 0) is 19.1 Å². The minimum absolute atomic E-state index is 0.341. The lowest BCUT2D eigenvalue weighted by molar-refractivity contribution is 0.270. The number of nitrogens with zero attached hydrogens (tertiary/aromatic N) is 3. The van der Waals surface area contributed by atoms with E-state index in [1.807, 2.05) is 6.92 Å². The van der Waals surface area contributed by atoms with Crippen LogP contribution in [-0.4, -0.2) is 21.9 Å². The van der Waals surface area contributed by atoms with Crippen LogP contribution in [0.2, 0.25) is 0 Å². The Kier molecular flexibility index (Phi) is 3.66. The van der Waals surface area contributed by atoms with Crippen LogP contribution in [0.5, 0.6) is 11.5 Å². The van der Waals surface area contributed by atoms with Gasteiger partial charge in [0.25, 0.3) is 0 Å². The van der Waals surface area contributed by atoms with Gasteiger partial charge in [-0.15, -0.1) is 0 Å². The monoisotopic (exact) mass is 248 g/mol. The second kappa shape index (κ2) is 5.39. The van der Waals surface area contributed by atoms with Crippen molar-refractivity contribution in [2.75, 3.05) is 12.8 Å². The lowest BCUT2D eigenvalue weighted by Crippen LogP contribution is -2.07. The minimum atomic E-state index is 0.341. The maximum absolute atomic E-state index is 5.68. The number of methoxy groups -OCH3 is 1. The number of hydrogen-bond donors (Lipinski definition) is 1. The molecule has 0 spiro atoms. The van der Waals surface area contributed by atoms with Crippen molar-refractivity contribution in [3.63, 3.8) is 0 Å². The fourth-order valence-corrected chi connectivity index (χ4v) is 1.61. The standard InChI is InChI=1S/C12H16N4O2/c1-3-16-12(14-8-15-16)7-18-10-5-4-9(13)6-11(10)17-2/h4-6,8H,3,7,13H2,1-2H3. The molecule has 0 fully saturated rings. The molecule has 0 unspecified atom stereocenters. The van der Waals surface area contributed by atoms with Crippen LogP contribution in [-0.2, 0) is 13.2 Å². The first-order chi connectivity index (χ1) is 8.74. The van der Waals surface area contributed by atoms with E-state index in [1.54, 1.807) is 30.0 Å². The molecule has 18 heavy (non-hydrogen) atoms. The summed E-state index contributed by atoms with van der Waals surface area (Å²) in [7, 11) is 1.58. The predicted octanol–water partition coefficient (Wildman–Crippen LogP) is 1.47. The molecule has 0 bridgehead atoms. The second-order valence-corrected chi connectivity index (χ2v) is 3.69. The summed E-state index contributed by atoms with van der Waals surface area (Å²) in [6.45, 7) is 3.10. The third-order valence-corrected chi connectivity index (χ3v) is 2.54. The highest BCUT2D eigenvalue weighted by molar-refractivity contribution is 5.51. The molecule has 0 aliphatic heterocycles. The van der Waals surface area contributed by atoms with Gasteiger partial charge in [-0.2, -0.15) is 5.10 Å². The average Bonchev–Trinajstić information content (AvgIpc) is 2.84. The maximum Gasteiger partial charge on any atom is 0.164 e. The van der Waals surface area contributed by atoms with Crippen LogP contribution in [0.15, 0.2) is 24.5 Å². The molecule has 6 heteroatoms. The van der Waals surface area contributed by atoms with Crippen molar-refractivity contribution in [1.29, 1.82) is 0 Å². The topological polar surface area (TPSA) is 75.2 Å². The van der Waals surface area contributed by atoms with Crippen LogP contribution < -0.4 is 15.2 Å². The lowest BCUT2D eigenvalue weighted by Gasteiger charge is -2.11. The first-order valence-electron chi connectivity index (χ1n) is 5.67. The third kappa shape index (κ3) is 2.53. The summed E-state index contributed by atoms with van der Waals surface area (Å²) in [4.78, 5) is 4.14. The molecule has 0 aliphatic rings. The SMILES string of the molecule is CCn1ncnc1COc1ccc(N)cc1OC. The molecule has 1 heterocycles. The molecule has 96 valence electrons. The Balaban J connectivity index is 2.10. The lowest BCUT2D eigenvalue weighted by atomic mass is 10.3. The zero-order valence-corrected chi connectivity index (χ0v) is 10.5.